The zero-order valence-corrected chi connectivity index (χ0v) is 17.9. The number of rotatable bonds is 8. The van der Waals surface area contributed by atoms with Crippen LogP contribution in [-0.2, 0) is 29.0 Å². The van der Waals surface area contributed by atoms with Gasteiger partial charge in [0.05, 0.1) is 13.2 Å². The average molecular weight is 466 g/mol. The molecule has 0 radical (unpaired) electrons. The van der Waals surface area contributed by atoms with Gasteiger partial charge in [-0.15, -0.1) is 24.0 Å². The minimum Gasteiger partial charge on any atom is -0.379 e. The Morgan fingerprint density at radius 1 is 1.44 bits per heavy atom. The van der Waals surface area contributed by atoms with E-state index in [9.17, 15) is 0 Å². The second-order valence-electron chi connectivity index (χ2n) is 6.41. The third-order valence-electron chi connectivity index (χ3n) is 3.73. The van der Waals surface area contributed by atoms with Gasteiger partial charge in [0.1, 0.15) is 12.4 Å². The quantitative estimate of drug-likeness (QED) is 0.259. The second kappa shape index (κ2) is 11.6. The fourth-order valence-electron chi connectivity index (χ4n) is 2.62. The number of aromatic nitrogens is 3. The van der Waals surface area contributed by atoms with E-state index in [2.05, 4.69) is 39.6 Å². The van der Waals surface area contributed by atoms with E-state index < -0.39 is 0 Å². The first-order valence-corrected chi connectivity index (χ1v) is 8.58. The van der Waals surface area contributed by atoms with Crippen LogP contribution in [-0.4, -0.2) is 60.7 Å². The van der Waals surface area contributed by atoms with E-state index in [1.165, 1.54) is 0 Å². The van der Waals surface area contributed by atoms with Gasteiger partial charge in [-0.3, -0.25) is 4.99 Å². The monoisotopic (exact) mass is 466 g/mol. The highest BCUT2D eigenvalue weighted by Gasteiger charge is 2.22. The molecule has 0 spiro atoms. The van der Waals surface area contributed by atoms with Gasteiger partial charge in [-0.25, -0.2) is 9.67 Å². The topological polar surface area (TPSA) is 85.6 Å². The third kappa shape index (κ3) is 7.45. The lowest BCUT2D eigenvalue weighted by Gasteiger charge is -2.25. The van der Waals surface area contributed by atoms with E-state index in [0.717, 1.165) is 50.1 Å². The van der Waals surface area contributed by atoms with Gasteiger partial charge in [0, 0.05) is 39.8 Å². The van der Waals surface area contributed by atoms with Crippen molar-refractivity contribution in [3.8, 4) is 0 Å². The van der Waals surface area contributed by atoms with Crippen LogP contribution < -0.4 is 10.6 Å². The molecular weight excluding hydrogens is 435 g/mol. The Labute approximate surface area is 167 Å². The first-order valence-electron chi connectivity index (χ1n) is 8.58. The summed E-state index contributed by atoms with van der Waals surface area (Å²) in [5, 5.41) is 11.2. The minimum absolute atomic E-state index is 0. The highest BCUT2D eigenvalue weighted by Crippen LogP contribution is 2.13. The van der Waals surface area contributed by atoms with Crippen molar-refractivity contribution in [1.29, 1.82) is 0 Å². The molecule has 1 atom stereocenters. The van der Waals surface area contributed by atoms with Gasteiger partial charge in [0.25, 0.3) is 0 Å². The van der Waals surface area contributed by atoms with E-state index in [0.29, 0.717) is 19.1 Å². The van der Waals surface area contributed by atoms with Crippen molar-refractivity contribution in [3.63, 3.8) is 0 Å². The van der Waals surface area contributed by atoms with E-state index in [1.54, 1.807) is 14.2 Å². The number of guanidine groups is 1. The van der Waals surface area contributed by atoms with Gasteiger partial charge in [0.2, 0.25) is 0 Å². The zero-order valence-electron chi connectivity index (χ0n) is 15.6. The number of nitrogens with zero attached hydrogens (tertiary/aromatic N) is 4. The summed E-state index contributed by atoms with van der Waals surface area (Å²) >= 11 is 0. The smallest absolute Gasteiger partial charge is 0.191 e. The molecule has 2 rings (SSSR count). The van der Waals surface area contributed by atoms with E-state index in [4.69, 9.17) is 9.47 Å². The molecule has 8 nitrogen and oxygen atoms in total. The molecule has 0 amide bonds. The summed E-state index contributed by atoms with van der Waals surface area (Å²) in [7, 11) is 3.44. The van der Waals surface area contributed by atoms with Crippen molar-refractivity contribution in [3.05, 3.63) is 11.6 Å². The summed E-state index contributed by atoms with van der Waals surface area (Å²) in [5.41, 5.74) is 0. The number of methoxy groups -OCH3 is 1. The predicted molar refractivity (Wildman–Crippen MR) is 108 cm³/mol. The molecule has 0 fully saturated rings. The van der Waals surface area contributed by atoms with E-state index >= 15 is 0 Å². The summed E-state index contributed by atoms with van der Waals surface area (Å²) in [4.78, 5) is 8.77. The van der Waals surface area contributed by atoms with Crippen LogP contribution >= 0.6 is 24.0 Å². The molecule has 0 saturated carbocycles. The molecule has 1 unspecified atom stereocenters. The van der Waals surface area contributed by atoms with E-state index in [1.807, 2.05) is 4.68 Å². The second-order valence-corrected chi connectivity index (χ2v) is 6.41. The lowest BCUT2D eigenvalue weighted by Crippen LogP contribution is -2.47. The van der Waals surface area contributed by atoms with Gasteiger partial charge in [0.15, 0.2) is 11.8 Å². The maximum Gasteiger partial charge on any atom is 0.191 e. The maximum absolute atomic E-state index is 5.57. The largest absolute Gasteiger partial charge is 0.379 e. The standard InChI is InChI=1S/C16H30N6O2.HI/c1-12(2)10-24-8-7-18-16(17-3)19-13-5-6-15-20-14(11-23-4)21-22(15)9-13;/h12-13H,5-11H2,1-4H3,(H2,17,18,19);1H. The fourth-order valence-corrected chi connectivity index (χ4v) is 2.62. The molecule has 0 aromatic carbocycles. The van der Waals surface area contributed by atoms with Crippen LogP contribution in [0.2, 0.25) is 0 Å². The SMILES string of the molecule is CN=C(NCCOCC(C)C)NC1CCc2nc(COC)nn2C1.I. The van der Waals surface area contributed by atoms with E-state index in [-0.39, 0.29) is 30.0 Å². The highest BCUT2D eigenvalue weighted by molar-refractivity contribution is 14.0. The van der Waals surface area contributed by atoms with Crippen LogP contribution in [0.1, 0.15) is 31.9 Å². The molecule has 1 aliphatic rings. The lowest BCUT2D eigenvalue weighted by atomic mass is 10.1. The third-order valence-corrected chi connectivity index (χ3v) is 3.73. The fraction of sp³-hybridized carbons (Fsp3) is 0.812. The Kier molecular flexibility index (Phi) is 10.3. The number of hydrogen-bond donors (Lipinski definition) is 2. The van der Waals surface area contributed by atoms with Crippen LogP contribution in [0.5, 0.6) is 0 Å². The normalized spacial score (nSPS) is 17.2. The summed E-state index contributed by atoms with van der Waals surface area (Å²) in [5.74, 6) is 3.14. The van der Waals surface area contributed by atoms with Gasteiger partial charge in [-0.1, -0.05) is 13.8 Å². The van der Waals surface area contributed by atoms with Crippen molar-refractivity contribution in [1.82, 2.24) is 25.4 Å². The summed E-state index contributed by atoms with van der Waals surface area (Å²) in [6, 6.07) is 0.289. The molecule has 0 saturated heterocycles. The van der Waals surface area contributed by atoms with Crippen molar-refractivity contribution in [2.24, 2.45) is 10.9 Å². The molecule has 1 aromatic heterocycles. The van der Waals surface area contributed by atoms with Crippen molar-refractivity contribution >= 4 is 29.9 Å². The molecule has 9 heteroatoms. The molecule has 144 valence electrons. The first kappa shape index (κ1) is 22.1. The van der Waals surface area contributed by atoms with Crippen LogP contribution in [0.3, 0.4) is 0 Å². The van der Waals surface area contributed by atoms with Crippen LogP contribution in [0, 0.1) is 5.92 Å². The van der Waals surface area contributed by atoms with Crippen LogP contribution in [0.4, 0.5) is 0 Å². The Morgan fingerprint density at radius 2 is 2.24 bits per heavy atom. The molecule has 2 heterocycles. The Balaban J connectivity index is 0.00000312. The van der Waals surface area contributed by atoms with Crippen LogP contribution in [0.25, 0.3) is 0 Å². The zero-order chi connectivity index (χ0) is 17.4. The molecule has 1 aromatic rings. The number of aryl methyl sites for hydroxylation is 1. The van der Waals surface area contributed by atoms with Gasteiger partial charge in [-0.2, -0.15) is 5.10 Å². The average Bonchev–Trinajstić information content (AvgIpc) is 2.95. The number of halogens is 1. The molecule has 25 heavy (non-hydrogen) atoms. The molecular formula is C16H31IN6O2. The van der Waals surface area contributed by atoms with Gasteiger partial charge >= 0.3 is 0 Å². The van der Waals surface area contributed by atoms with Crippen molar-refractivity contribution in [2.75, 3.05) is 33.9 Å². The molecule has 0 aliphatic carbocycles. The molecule has 2 N–H and O–H groups in total. The Morgan fingerprint density at radius 3 is 2.92 bits per heavy atom. The lowest BCUT2D eigenvalue weighted by molar-refractivity contribution is 0.114. The molecule has 1 aliphatic heterocycles. The van der Waals surface area contributed by atoms with Crippen molar-refractivity contribution in [2.45, 2.75) is 45.9 Å². The summed E-state index contributed by atoms with van der Waals surface area (Å²) < 4.78 is 12.6. The number of ether oxygens (including phenoxy) is 2. The predicted octanol–water partition coefficient (Wildman–Crippen LogP) is 1.19. The number of hydrogen-bond acceptors (Lipinski definition) is 5. The summed E-state index contributed by atoms with van der Waals surface area (Å²) in [6.07, 6.45) is 1.92. The number of aliphatic imine (C=N–C) groups is 1. The molecule has 0 bridgehead atoms. The minimum atomic E-state index is 0. The van der Waals surface area contributed by atoms with Crippen molar-refractivity contribution < 1.29 is 9.47 Å². The Hall–Kier alpha value is -0.940. The first-order chi connectivity index (χ1) is 11.6. The summed E-state index contributed by atoms with van der Waals surface area (Å²) in [6.45, 7) is 7.74. The Bertz CT molecular complexity index is 535. The maximum atomic E-state index is 5.57. The highest BCUT2D eigenvalue weighted by atomic mass is 127. The number of nitrogens with one attached hydrogen (secondary N) is 2. The van der Waals surface area contributed by atoms with Crippen LogP contribution in [0.15, 0.2) is 4.99 Å². The van der Waals surface area contributed by atoms with Gasteiger partial charge < -0.3 is 20.1 Å². The number of fused-ring (bicyclic) bond motifs is 1. The van der Waals surface area contributed by atoms with Gasteiger partial charge in [-0.05, 0) is 12.3 Å².